The highest BCUT2D eigenvalue weighted by Crippen LogP contribution is 2.32. The van der Waals surface area contributed by atoms with Crippen LogP contribution in [-0.2, 0) is 14.3 Å². The van der Waals surface area contributed by atoms with Gasteiger partial charge >= 0.3 is 5.97 Å². The summed E-state index contributed by atoms with van der Waals surface area (Å²) in [6, 6.07) is 0. The van der Waals surface area contributed by atoms with E-state index in [1.165, 1.54) is 13.0 Å². The van der Waals surface area contributed by atoms with Gasteiger partial charge in [0.05, 0.1) is 6.61 Å². The molecule has 0 aliphatic carbocycles. The van der Waals surface area contributed by atoms with Crippen molar-refractivity contribution < 1.29 is 14.3 Å². The van der Waals surface area contributed by atoms with Crippen molar-refractivity contribution >= 4 is 40.8 Å². The third-order valence-corrected chi connectivity index (χ3v) is 1.44. The number of carbonyl (C=O) groups excluding carboxylic acids is 1. The SMILES string of the molecule is C=CCOC(OC(C)=O)C(Cl)(Cl)Cl. The van der Waals surface area contributed by atoms with Gasteiger partial charge in [-0.15, -0.1) is 6.58 Å². The number of carbonyl (C=O) groups is 1. The first-order valence-corrected chi connectivity index (χ1v) is 4.47. The zero-order valence-corrected chi connectivity index (χ0v) is 9.20. The molecule has 1 atom stereocenters. The quantitative estimate of drug-likeness (QED) is 0.331. The average molecular weight is 248 g/mol. The Morgan fingerprint density at radius 2 is 2.15 bits per heavy atom. The molecule has 0 rings (SSSR count). The fourth-order valence-electron chi connectivity index (χ4n) is 0.502. The summed E-state index contributed by atoms with van der Waals surface area (Å²) in [6.45, 7) is 4.73. The first kappa shape index (κ1) is 13.0. The Morgan fingerprint density at radius 1 is 1.62 bits per heavy atom. The molecule has 0 heterocycles. The van der Waals surface area contributed by atoms with Gasteiger partial charge in [0.25, 0.3) is 10.1 Å². The lowest BCUT2D eigenvalue weighted by atomic mass is 10.6. The van der Waals surface area contributed by atoms with Crippen molar-refractivity contribution in [2.24, 2.45) is 0 Å². The van der Waals surface area contributed by atoms with Gasteiger partial charge in [-0.2, -0.15) is 0 Å². The molecule has 0 bridgehead atoms. The molecule has 13 heavy (non-hydrogen) atoms. The first-order valence-electron chi connectivity index (χ1n) is 3.34. The molecule has 0 N–H and O–H groups in total. The van der Waals surface area contributed by atoms with Gasteiger partial charge in [0, 0.05) is 6.92 Å². The van der Waals surface area contributed by atoms with E-state index in [-0.39, 0.29) is 6.61 Å². The maximum atomic E-state index is 10.6. The molecule has 0 fully saturated rings. The minimum Gasteiger partial charge on any atom is -0.431 e. The van der Waals surface area contributed by atoms with Crippen molar-refractivity contribution in [1.82, 2.24) is 0 Å². The molecule has 0 spiro atoms. The monoisotopic (exact) mass is 246 g/mol. The summed E-state index contributed by atoms with van der Waals surface area (Å²) in [5.41, 5.74) is 0. The molecular weight excluding hydrogens is 238 g/mol. The van der Waals surface area contributed by atoms with E-state index in [1.54, 1.807) is 0 Å². The number of esters is 1. The maximum absolute atomic E-state index is 10.6. The van der Waals surface area contributed by atoms with Gasteiger partial charge in [0.15, 0.2) is 0 Å². The minimum atomic E-state index is -1.80. The zero-order valence-electron chi connectivity index (χ0n) is 6.93. The highest BCUT2D eigenvalue weighted by atomic mass is 35.6. The van der Waals surface area contributed by atoms with Crippen molar-refractivity contribution in [3.05, 3.63) is 12.7 Å². The summed E-state index contributed by atoms with van der Waals surface area (Å²) < 4.78 is 7.72. The van der Waals surface area contributed by atoms with Gasteiger partial charge < -0.3 is 9.47 Å². The van der Waals surface area contributed by atoms with Crippen LogP contribution in [-0.4, -0.2) is 22.7 Å². The van der Waals surface area contributed by atoms with E-state index in [1.807, 2.05) is 0 Å². The van der Waals surface area contributed by atoms with Crippen molar-refractivity contribution in [2.75, 3.05) is 6.61 Å². The number of ether oxygens (including phenoxy) is 2. The number of halogens is 3. The van der Waals surface area contributed by atoms with E-state index in [0.29, 0.717) is 0 Å². The topological polar surface area (TPSA) is 35.5 Å². The molecule has 0 radical (unpaired) electrons. The average Bonchev–Trinajstić information content (AvgIpc) is 1.95. The predicted octanol–water partition coefficient (Wildman–Crippen LogP) is 2.45. The van der Waals surface area contributed by atoms with Gasteiger partial charge in [-0.1, -0.05) is 40.9 Å². The lowest BCUT2D eigenvalue weighted by Crippen LogP contribution is -2.33. The summed E-state index contributed by atoms with van der Waals surface area (Å²) in [6.07, 6.45) is 0.236. The van der Waals surface area contributed by atoms with Crippen LogP contribution in [0.4, 0.5) is 0 Å². The Hall–Kier alpha value is 0.0400. The van der Waals surface area contributed by atoms with Gasteiger partial charge in [-0.3, -0.25) is 4.79 Å². The van der Waals surface area contributed by atoms with E-state index in [9.17, 15) is 4.79 Å². The molecular formula is C7H9Cl3O3. The predicted molar refractivity (Wildman–Crippen MR) is 52.0 cm³/mol. The normalized spacial score (nSPS) is 13.5. The van der Waals surface area contributed by atoms with Crippen molar-refractivity contribution in [2.45, 2.75) is 17.0 Å². The molecule has 0 amide bonds. The van der Waals surface area contributed by atoms with E-state index < -0.39 is 16.1 Å². The lowest BCUT2D eigenvalue weighted by molar-refractivity contribution is -0.172. The second-order valence-corrected chi connectivity index (χ2v) is 4.47. The fraction of sp³-hybridized carbons (Fsp3) is 0.571. The van der Waals surface area contributed by atoms with Crippen LogP contribution in [0.15, 0.2) is 12.7 Å². The van der Waals surface area contributed by atoms with Crippen molar-refractivity contribution in [3.63, 3.8) is 0 Å². The number of rotatable bonds is 4. The Balaban J connectivity index is 4.19. The van der Waals surface area contributed by atoms with E-state index in [4.69, 9.17) is 39.5 Å². The third kappa shape index (κ3) is 6.16. The van der Waals surface area contributed by atoms with E-state index >= 15 is 0 Å². The number of hydrogen-bond donors (Lipinski definition) is 0. The molecule has 76 valence electrons. The molecule has 0 aromatic rings. The molecule has 0 saturated heterocycles. The fourth-order valence-corrected chi connectivity index (χ4v) is 0.824. The number of alkyl halides is 3. The van der Waals surface area contributed by atoms with Gasteiger partial charge in [-0.05, 0) is 0 Å². The molecule has 1 unspecified atom stereocenters. The summed E-state index contributed by atoms with van der Waals surface area (Å²) >= 11 is 16.4. The highest BCUT2D eigenvalue weighted by Gasteiger charge is 2.36. The summed E-state index contributed by atoms with van der Waals surface area (Å²) in [5.74, 6) is -0.583. The van der Waals surface area contributed by atoms with Crippen LogP contribution in [0.3, 0.4) is 0 Å². The Morgan fingerprint density at radius 3 is 2.46 bits per heavy atom. The first-order chi connectivity index (χ1) is 5.88. The van der Waals surface area contributed by atoms with E-state index in [2.05, 4.69) is 11.3 Å². The maximum Gasteiger partial charge on any atom is 0.305 e. The zero-order chi connectivity index (χ0) is 10.5. The van der Waals surface area contributed by atoms with Crippen molar-refractivity contribution in [1.29, 1.82) is 0 Å². The molecule has 0 aromatic carbocycles. The molecule has 0 aliphatic heterocycles. The summed E-state index contributed by atoms with van der Waals surface area (Å²) in [5, 5.41) is 0. The Kier molecular flexibility index (Phi) is 5.72. The smallest absolute Gasteiger partial charge is 0.305 e. The molecule has 0 aliphatic rings. The summed E-state index contributed by atoms with van der Waals surface area (Å²) in [4.78, 5) is 10.6. The molecule has 0 saturated carbocycles. The van der Waals surface area contributed by atoms with Crippen LogP contribution in [0.5, 0.6) is 0 Å². The Bertz CT molecular complexity index is 188. The highest BCUT2D eigenvalue weighted by molar-refractivity contribution is 6.68. The number of hydrogen-bond acceptors (Lipinski definition) is 3. The second kappa shape index (κ2) is 5.70. The van der Waals surface area contributed by atoms with Crippen LogP contribution in [0.2, 0.25) is 0 Å². The van der Waals surface area contributed by atoms with Crippen LogP contribution in [0.25, 0.3) is 0 Å². The lowest BCUT2D eigenvalue weighted by Gasteiger charge is -2.22. The standard InChI is InChI=1S/C7H9Cl3O3/c1-3-4-12-6(7(8,9)10)13-5(2)11/h3,6H,1,4H2,2H3. The van der Waals surface area contributed by atoms with Crippen LogP contribution < -0.4 is 0 Å². The molecule has 3 nitrogen and oxygen atoms in total. The van der Waals surface area contributed by atoms with Crippen LogP contribution in [0, 0.1) is 0 Å². The third-order valence-electron chi connectivity index (χ3n) is 0.906. The van der Waals surface area contributed by atoms with Gasteiger partial charge in [-0.25, -0.2) is 0 Å². The van der Waals surface area contributed by atoms with E-state index in [0.717, 1.165) is 0 Å². The van der Waals surface area contributed by atoms with Gasteiger partial charge in [0.1, 0.15) is 0 Å². The van der Waals surface area contributed by atoms with Crippen molar-refractivity contribution in [3.8, 4) is 0 Å². The van der Waals surface area contributed by atoms with Gasteiger partial charge in [0.2, 0.25) is 0 Å². The van der Waals surface area contributed by atoms with Crippen LogP contribution in [0.1, 0.15) is 6.92 Å². The summed E-state index contributed by atoms with van der Waals surface area (Å²) in [7, 11) is 0. The molecule has 0 aromatic heterocycles. The Labute approximate surface area is 91.5 Å². The largest absolute Gasteiger partial charge is 0.431 e. The second-order valence-electron chi connectivity index (χ2n) is 2.10. The minimum absolute atomic E-state index is 0.131. The van der Waals surface area contributed by atoms with Crippen LogP contribution >= 0.6 is 34.8 Å². The molecule has 6 heteroatoms.